The Labute approximate surface area is 285 Å². The van der Waals surface area contributed by atoms with Crippen molar-refractivity contribution in [1.82, 2.24) is 24.6 Å². The number of hydrogen-bond acceptors (Lipinski definition) is 8. The molecular formula is C31H28F6N6O4S2. The summed E-state index contributed by atoms with van der Waals surface area (Å²) in [5.41, 5.74) is 7.57. The van der Waals surface area contributed by atoms with E-state index >= 15 is 0 Å². The van der Waals surface area contributed by atoms with Crippen LogP contribution in [0.5, 0.6) is 0 Å². The molecule has 2 aromatic carbocycles. The van der Waals surface area contributed by atoms with Crippen LogP contribution in [-0.4, -0.2) is 70.9 Å². The predicted molar refractivity (Wildman–Crippen MR) is 171 cm³/mol. The molecule has 0 spiro atoms. The highest BCUT2D eigenvalue weighted by molar-refractivity contribution is 8.26. The number of aromatic nitrogens is 3. The minimum absolute atomic E-state index is 0.000783. The number of nitrogens with two attached hydrogens (primary N) is 1. The maximum Gasteiger partial charge on any atom is 0.451 e. The number of aliphatic carboxylic acids is 1. The van der Waals surface area contributed by atoms with Crippen LogP contribution in [0.2, 0.25) is 0 Å². The lowest BCUT2D eigenvalue weighted by Gasteiger charge is -2.29. The van der Waals surface area contributed by atoms with Crippen LogP contribution < -0.4 is 5.73 Å². The fourth-order valence-corrected chi connectivity index (χ4v) is 6.15. The lowest BCUT2D eigenvalue weighted by Crippen LogP contribution is -2.42. The van der Waals surface area contributed by atoms with Gasteiger partial charge in [0.25, 0.3) is 5.91 Å². The SMILES string of the molecule is CC(=C/c1ccccc1)/C=C1\SC(=S)N(CC(=O)O)C1=O.N[C@H](CC(=O)N1CCn2c(nnc2C(F)(F)F)C1)Cc1cc(F)c(F)cc1F. The molecule has 10 nitrogen and oxygen atoms in total. The summed E-state index contributed by atoms with van der Waals surface area (Å²) in [6.07, 6.45) is -1.43. The highest BCUT2D eigenvalue weighted by Crippen LogP contribution is 2.32. The lowest BCUT2D eigenvalue weighted by atomic mass is 10.0. The maximum atomic E-state index is 13.7. The molecule has 0 radical (unpaired) electrons. The summed E-state index contributed by atoms with van der Waals surface area (Å²) < 4.78 is 79.5. The Balaban J connectivity index is 0.000000230. The summed E-state index contributed by atoms with van der Waals surface area (Å²) >= 11 is 6.17. The summed E-state index contributed by atoms with van der Waals surface area (Å²) in [4.78, 5) is 38.0. The largest absolute Gasteiger partial charge is 0.480 e. The van der Waals surface area contributed by atoms with Gasteiger partial charge in [-0.15, -0.1) is 10.2 Å². The summed E-state index contributed by atoms with van der Waals surface area (Å²) in [5.74, 6) is -6.58. The number of carbonyl (C=O) groups excluding carboxylic acids is 2. The highest BCUT2D eigenvalue weighted by atomic mass is 32.2. The number of halogens is 6. The number of carboxylic acids is 1. The van der Waals surface area contributed by atoms with Crippen molar-refractivity contribution >= 4 is 52.2 Å². The van der Waals surface area contributed by atoms with E-state index in [0.717, 1.165) is 32.4 Å². The zero-order valence-corrected chi connectivity index (χ0v) is 27.2. The number of thioether (sulfide) groups is 1. The number of carboxylic acid groups (broad SMARTS) is 1. The van der Waals surface area contributed by atoms with E-state index < -0.39 is 53.9 Å². The van der Waals surface area contributed by atoms with Crippen molar-refractivity contribution in [2.75, 3.05) is 13.1 Å². The average Bonchev–Trinajstić information content (AvgIpc) is 3.57. The Morgan fingerprint density at radius 2 is 1.76 bits per heavy atom. The van der Waals surface area contributed by atoms with E-state index in [0.29, 0.717) is 17.0 Å². The first-order valence-electron chi connectivity index (χ1n) is 14.4. The van der Waals surface area contributed by atoms with E-state index in [1.807, 2.05) is 43.3 Å². The monoisotopic (exact) mass is 726 g/mol. The molecule has 1 aromatic heterocycles. The molecule has 0 saturated carbocycles. The molecule has 0 unspecified atom stereocenters. The van der Waals surface area contributed by atoms with Gasteiger partial charge < -0.3 is 20.3 Å². The molecule has 18 heteroatoms. The Bertz CT molecular complexity index is 1820. The van der Waals surface area contributed by atoms with E-state index in [1.165, 1.54) is 4.90 Å². The first-order valence-corrected chi connectivity index (χ1v) is 15.6. The third-order valence-electron chi connectivity index (χ3n) is 7.09. The summed E-state index contributed by atoms with van der Waals surface area (Å²) in [5, 5.41) is 15.4. The molecule has 3 aromatic rings. The van der Waals surface area contributed by atoms with Crippen molar-refractivity contribution in [2.24, 2.45) is 5.73 Å². The van der Waals surface area contributed by atoms with Gasteiger partial charge in [0.05, 0.1) is 11.4 Å². The number of benzene rings is 2. The van der Waals surface area contributed by atoms with Crippen LogP contribution in [-0.2, 0) is 40.1 Å². The number of nitrogens with zero attached hydrogens (tertiary/aromatic N) is 5. The average molecular weight is 727 g/mol. The number of allylic oxidation sites excluding steroid dienone is 2. The summed E-state index contributed by atoms with van der Waals surface area (Å²) in [6, 6.07) is 9.92. The molecule has 1 fully saturated rings. The third kappa shape index (κ3) is 9.76. The molecule has 2 amide bonds. The minimum Gasteiger partial charge on any atom is -0.480 e. The number of thiocarbonyl (C=S) groups is 1. The molecule has 1 saturated heterocycles. The molecule has 5 rings (SSSR count). The lowest BCUT2D eigenvalue weighted by molar-refractivity contribution is -0.148. The van der Waals surface area contributed by atoms with Crippen LogP contribution in [0.3, 0.4) is 0 Å². The second kappa shape index (κ2) is 15.8. The van der Waals surface area contributed by atoms with Crippen LogP contribution in [0, 0.1) is 17.5 Å². The fraction of sp³-hybridized carbons (Fsp3) is 0.290. The van der Waals surface area contributed by atoms with Gasteiger partial charge in [-0.25, -0.2) is 13.2 Å². The van der Waals surface area contributed by atoms with Crippen LogP contribution in [0.1, 0.15) is 36.1 Å². The van der Waals surface area contributed by atoms with Crippen LogP contribution in [0.15, 0.2) is 59.0 Å². The van der Waals surface area contributed by atoms with Crippen molar-refractivity contribution in [3.05, 3.63) is 99.2 Å². The Kier molecular flexibility index (Phi) is 12.0. The normalized spacial score (nSPS) is 16.4. The topological polar surface area (TPSA) is 135 Å². The highest BCUT2D eigenvalue weighted by Gasteiger charge is 2.40. The zero-order valence-electron chi connectivity index (χ0n) is 25.6. The summed E-state index contributed by atoms with van der Waals surface area (Å²) in [7, 11) is 0. The van der Waals surface area contributed by atoms with Crippen molar-refractivity contribution in [2.45, 2.75) is 45.1 Å². The fourth-order valence-electron chi connectivity index (χ4n) is 4.84. The number of rotatable bonds is 8. The van der Waals surface area contributed by atoms with E-state index in [9.17, 15) is 40.7 Å². The van der Waals surface area contributed by atoms with Crippen molar-refractivity contribution in [1.29, 1.82) is 0 Å². The van der Waals surface area contributed by atoms with Crippen molar-refractivity contribution in [3.63, 3.8) is 0 Å². The van der Waals surface area contributed by atoms with Crippen LogP contribution in [0.4, 0.5) is 26.3 Å². The molecule has 0 bridgehead atoms. The quantitative estimate of drug-likeness (QED) is 0.143. The molecule has 49 heavy (non-hydrogen) atoms. The van der Waals surface area contributed by atoms with Gasteiger partial charge in [-0.1, -0.05) is 60.4 Å². The molecule has 0 aliphatic carbocycles. The van der Waals surface area contributed by atoms with Gasteiger partial charge in [0.1, 0.15) is 16.7 Å². The summed E-state index contributed by atoms with van der Waals surface area (Å²) in [6.45, 7) is 1.18. The predicted octanol–water partition coefficient (Wildman–Crippen LogP) is 4.94. The van der Waals surface area contributed by atoms with E-state index in [4.69, 9.17) is 23.1 Å². The molecular weight excluding hydrogens is 699 g/mol. The first kappa shape index (κ1) is 37.3. The molecule has 2 aliphatic rings. The van der Waals surface area contributed by atoms with Gasteiger partial charge in [0.15, 0.2) is 17.5 Å². The number of alkyl halides is 3. The Morgan fingerprint density at radius 3 is 2.41 bits per heavy atom. The molecule has 1 atom stereocenters. The standard InChI is InChI=1S/C16H15F6N5O.C15H13NO3S2/c17-10-6-12(19)11(18)4-8(10)3-9(23)5-14(28)26-1-2-27-13(7-26)24-25-15(27)16(20,21)22;1-10(7-11-5-3-2-4-6-11)8-12-14(19)16(9-13(17)18)15(20)21-12/h4,6,9H,1-3,5,7,23H2;2-8H,9H2,1H3,(H,17,18)/b;10-7-,12-8-/t9-;/m0./s1. The van der Waals surface area contributed by atoms with Gasteiger partial charge in [-0.2, -0.15) is 13.2 Å². The van der Waals surface area contributed by atoms with Gasteiger partial charge in [-0.05, 0) is 42.2 Å². The Morgan fingerprint density at radius 1 is 1.08 bits per heavy atom. The number of fused-ring (bicyclic) bond motifs is 1. The third-order valence-corrected chi connectivity index (χ3v) is 8.47. The van der Waals surface area contributed by atoms with E-state index in [-0.39, 0.29) is 54.1 Å². The van der Waals surface area contributed by atoms with Gasteiger partial charge in [0.2, 0.25) is 11.7 Å². The smallest absolute Gasteiger partial charge is 0.451 e. The maximum absolute atomic E-state index is 13.7. The van der Waals surface area contributed by atoms with E-state index in [1.54, 1.807) is 6.08 Å². The molecule has 3 N–H and O–H groups in total. The first-order chi connectivity index (χ1) is 23.0. The van der Waals surface area contributed by atoms with Gasteiger partial charge in [0, 0.05) is 31.6 Å². The number of hydrogen-bond donors (Lipinski definition) is 2. The second-order valence-corrected chi connectivity index (χ2v) is 12.6. The number of carbonyl (C=O) groups is 3. The molecule has 3 heterocycles. The zero-order chi connectivity index (χ0) is 36.0. The van der Waals surface area contributed by atoms with Crippen molar-refractivity contribution < 1.29 is 45.8 Å². The van der Waals surface area contributed by atoms with Crippen LogP contribution >= 0.6 is 24.0 Å². The Hall–Kier alpha value is -4.55. The van der Waals surface area contributed by atoms with E-state index in [2.05, 4.69) is 10.2 Å². The van der Waals surface area contributed by atoms with Crippen molar-refractivity contribution in [3.8, 4) is 0 Å². The second-order valence-electron chi connectivity index (χ2n) is 10.9. The molecule has 260 valence electrons. The van der Waals surface area contributed by atoms with Gasteiger partial charge >= 0.3 is 12.1 Å². The number of amides is 2. The minimum atomic E-state index is -4.64. The molecule has 2 aliphatic heterocycles. The van der Waals surface area contributed by atoms with Gasteiger partial charge in [-0.3, -0.25) is 19.3 Å². The van der Waals surface area contributed by atoms with Crippen LogP contribution in [0.25, 0.3) is 6.08 Å².